The third-order valence-corrected chi connectivity index (χ3v) is 3.81. The maximum absolute atomic E-state index is 6.19. The number of aromatic nitrogens is 2. The number of hydrogen-bond acceptors (Lipinski definition) is 1. The van der Waals surface area contributed by atoms with Gasteiger partial charge in [-0.15, -0.1) is 23.2 Å². The molecule has 2 aromatic heterocycles. The summed E-state index contributed by atoms with van der Waals surface area (Å²) < 4.78 is 1.67. The molecule has 0 fully saturated rings. The Hall–Kier alpha value is -0.990. The van der Waals surface area contributed by atoms with E-state index in [9.17, 15) is 0 Å². The van der Waals surface area contributed by atoms with Crippen LogP contribution >= 0.6 is 23.2 Å². The summed E-state index contributed by atoms with van der Waals surface area (Å²) in [5.74, 6) is 0. The van der Waals surface area contributed by atoms with Crippen molar-refractivity contribution in [2.24, 2.45) is 0 Å². The summed E-state index contributed by atoms with van der Waals surface area (Å²) in [5, 5.41) is 0. The van der Waals surface area contributed by atoms with Gasteiger partial charge in [0.2, 0.25) is 0 Å². The number of fused-ring (bicyclic) bond motifs is 1. The van der Waals surface area contributed by atoms with E-state index in [-0.39, 0.29) is 0 Å². The maximum Gasteiger partial charge on any atom is 0.125 e. The summed E-state index contributed by atoms with van der Waals surface area (Å²) in [5.41, 5.74) is 3.52. The molecule has 0 aliphatic carbocycles. The highest BCUT2D eigenvalue weighted by molar-refractivity contribution is 6.48. The quantitative estimate of drug-likeness (QED) is 0.721. The van der Waals surface area contributed by atoms with E-state index in [4.69, 9.17) is 23.2 Å². The molecule has 0 amide bonds. The van der Waals surface area contributed by atoms with Gasteiger partial charge in [0.05, 0.1) is 0 Å². The van der Waals surface area contributed by atoms with Crippen LogP contribution in [0.3, 0.4) is 0 Å². The molecule has 3 rings (SSSR count). The first-order chi connectivity index (χ1) is 8.16. The normalized spacial score (nSPS) is 17.8. The lowest BCUT2D eigenvalue weighted by Crippen LogP contribution is -2.27. The highest BCUT2D eigenvalue weighted by Gasteiger charge is 2.31. The van der Waals surface area contributed by atoms with Crippen LogP contribution in [-0.2, 0) is 13.0 Å². The lowest BCUT2D eigenvalue weighted by Gasteiger charge is -2.27. The second-order valence-electron chi connectivity index (χ2n) is 4.39. The van der Waals surface area contributed by atoms with Crippen molar-refractivity contribution in [1.29, 1.82) is 0 Å². The Morgan fingerprint density at radius 1 is 1.24 bits per heavy atom. The van der Waals surface area contributed by atoms with Gasteiger partial charge < -0.3 is 4.57 Å². The molecule has 2 nitrogen and oxygen atoms in total. The molecule has 0 N–H and O–H groups in total. The van der Waals surface area contributed by atoms with E-state index in [1.807, 2.05) is 12.3 Å². The summed E-state index contributed by atoms with van der Waals surface area (Å²) in [6, 6.07) is 8.23. The summed E-state index contributed by atoms with van der Waals surface area (Å²) >= 11 is 12.4. The maximum atomic E-state index is 6.19. The molecule has 0 unspecified atom stereocenters. The first kappa shape index (κ1) is 11.1. The average molecular weight is 267 g/mol. The van der Waals surface area contributed by atoms with Crippen LogP contribution < -0.4 is 0 Å². The monoisotopic (exact) mass is 266 g/mol. The van der Waals surface area contributed by atoms with Gasteiger partial charge in [-0.3, -0.25) is 4.98 Å². The second kappa shape index (κ2) is 4.04. The largest absolute Gasteiger partial charge is 0.344 e. The molecule has 2 aromatic rings. The lowest BCUT2D eigenvalue weighted by molar-refractivity contribution is 0.512. The van der Waals surface area contributed by atoms with E-state index >= 15 is 0 Å². The van der Waals surface area contributed by atoms with Gasteiger partial charge in [-0.05, 0) is 30.7 Å². The van der Waals surface area contributed by atoms with Crippen LogP contribution in [0.4, 0.5) is 0 Å². The zero-order chi connectivity index (χ0) is 11.9. The zero-order valence-electron chi connectivity index (χ0n) is 9.24. The molecule has 0 saturated carbocycles. The van der Waals surface area contributed by atoms with Gasteiger partial charge in [0.15, 0.2) is 0 Å². The smallest absolute Gasteiger partial charge is 0.125 e. The van der Waals surface area contributed by atoms with Crippen LogP contribution in [0.15, 0.2) is 36.7 Å². The molecule has 1 aliphatic rings. The molecule has 0 bridgehead atoms. The average Bonchev–Trinajstić information content (AvgIpc) is 2.71. The van der Waals surface area contributed by atoms with Crippen molar-refractivity contribution in [2.45, 2.75) is 23.7 Å². The van der Waals surface area contributed by atoms with Gasteiger partial charge in [0.1, 0.15) is 4.33 Å². The van der Waals surface area contributed by atoms with Crippen LogP contribution in [0.5, 0.6) is 0 Å². The number of pyridine rings is 1. The number of nitrogens with zero attached hydrogens (tertiary/aromatic N) is 2. The lowest BCUT2D eigenvalue weighted by atomic mass is 10.1. The molecule has 0 aromatic carbocycles. The van der Waals surface area contributed by atoms with Crippen molar-refractivity contribution >= 4 is 23.2 Å². The minimum absolute atomic E-state index is 0.611. The molecule has 3 heterocycles. The van der Waals surface area contributed by atoms with E-state index in [1.54, 1.807) is 6.20 Å². The number of hydrogen-bond donors (Lipinski definition) is 0. The molecule has 0 saturated heterocycles. The molecular weight excluding hydrogens is 255 g/mol. The van der Waals surface area contributed by atoms with E-state index in [0.29, 0.717) is 6.42 Å². The SMILES string of the molecule is ClC1(Cl)CCn2c(ccc2-c2cccnc2)C1. The fourth-order valence-electron chi connectivity index (χ4n) is 2.32. The van der Waals surface area contributed by atoms with E-state index in [1.165, 1.54) is 11.4 Å². The summed E-state index contributed by atoms with van der Waals surface area (Å²) in [6.45, 7) is 0.861. The summed E-state index contributed by atoms with van der Waals surface area (Å²) in [6.07, 6.45) is 5.15. The molecule has 0 radical (unpaired) electrons. The van der Waals surface area contributed by atoms with Gasteiger partial charge in [0.25, 0.3) is 0 Å². The Kier molecular flexibility index (Phi) is 2.64. The second-order valence-corrected chi connectivity index (χ2v) is 6.03. The fraction of sp³-hybridized carbons (Fsp3) is 0.308. The molecule has 0 atom stereocenters. The summed E-state index contributed by atoms with van der Waals surface area (Å²) in [4.78, 5) is 4.15. The topological polar surface area (TPSA) is 17.8 Å². The molecule has 88 valence electrons. The first-order valence-electron chi connectivity index (χ1n) is 5.62. The van der Waals surface area contributed by atoms with Crippen molar-refractivity contribution < 1.29 is 0 Å². The van der Waals surface area contributed by atoms with Crippen molar-refractivity contribution in [2.75, 3.05) is 0 Å². The van der Waals surface area contributed by atoms with Crippen LogP contribution in [0.25, 0.3) is 11.3 Å². The minimum atomic E-state index is -0.611. The minimum Gasteiger partial charge on any atom is -0.344 e. The fourth-order valence-corrected chi connectivity index (χ4v) is 2.77. The third kappa shape index (κ3) is 2.07. The van der Waals surface area contributed by atoms with Crippen LogP contribution in [0.1, 0.15) is 12.1 Å². The van der Waals surface area contributed by atoms with Gasteiger partial charge in [-0.25, -0.2) is 0 Å². The molecule has 17 heavy (non-hydrogen) atoms. The Bertz CT molecular complexity index is 532. The van der Waals surface area contributed by atoms with Crippen molar-refractivity contribution in [3.8, 4) is 11.3 Å². The van der Waals surface area contributed by atoms with Gasteiger partial charge >= 0.3 is 0 Å². The van der Waals surface area contributed by atoms with Crippen molar-refractivity contribution in [1.82, 2.24) is 9.55 Å². The van der Waals surface area contributed by atoms with Crippen molar-refractivity contribution in [3.63, 3.8) is 0 Å². The number of alkyl halides is 2. The summed E-state index contributed by atoms with van der Waals surface area (Å²) in [7, 11) is 0. The van der Waals surface area contributed by atoms with Crippen LogP contribution in [0.2, 0.25) is 0 Å². The number of halogens is 2. The molecular formula is C13H12Cl2N2. The van der Waals surface area contributed by atoms with Gasteiger partial charge in [0, 0.05) is 42.3 Å². The highest BCUT2D eigenvalue weighted by atomic mass is 35.5. The van der Waals surface area contributed by atoms with Crippen LogP contribution in [-0.4, -0.2) is 13.9 Å². The third-order valence-electron chi connectivity index (χ3n) is 3.17. The van der Waals surface area contributed by atoms with Gasteiger partial charge in [-0.1, -0.05) is 0 Å². The predicted molar refractivity (Wildman–Crippen MR) is 70.4 cm³/mol. The predicted octanol–water partition coefficient (Wildman–Crippen LogP) is 3.67. The molecule has 1 aliphatic heterocycles. The Balaban J connectivity index is 2.03. The van der Waals surface area contributed by atoms with Gasteiger partial charge in [-0.2, -0.15) is 0 Å². The Morgan fingerprint density at radius 3 is 2.88 bits per heavy atom. The van der Waals surface area contributed by atoms with Crippen LogP contribution in [0, 0.1) is 0 Å². The molecule has 4 heteroatoms. The molecule has 0 spiro atoms. The number of rotatable bonds is 1. The zero-order valence-corrected chi connectivity index (χ0v) is 10.7. The van der Waals surface area contributed by atoms with E-state index in [2.05, 4.69) is 27.8 Å². The van der Waals surface area contributed by atoms with Crippen molar-refractivity contribution in [3.05, 3.63) is 42.4 Å². The standard InChI is InChI=1S/C13H12Cl2N2/c14-13(15)5-7-17-11(8-13)3-4-12(17)10-2-1-6-16-9-10/h1-4,6,9H,5,7-8H2. The highest BCUT2D eigenvalue weighted by Crippen LogP contribution is 2.37. The van der Waals surface area contributed by atoms with E-state index < -0.39 is 4.33 Å². The first-order valence-corrected chi connectivity index (χ1v) is 6.38. The Morgan fingerprint density at radius 2 is 2.12 bits per heavy atom. The Labute approximate surface area is 110 Å². The van der Waals surface area contributed by atoms with E-state index in [0.717, 1.165) is 18.5 Å².